The molecule has 0 saturated carbocycles. The first-order valence-electron chi connectivity index (χ1n) is 5.31. The van der Waals surface area contributed by atoms with Crippen LogP contribution in [0.25, 0.3) is 10.7 Å². The molecule has 0 aliphatic heterocycles. The molecule has 6 heteroatoms. The molecule has 0 radical (unpaired) electrons. The van der Waals surface area contributed by atoms with Gasteiger partial charge in [0, 0.05) is 43.7 Å². The van der Waals surface area contributed by atoms with Crippen molar-refractivity contribution in [2.45, 2.75) is 6.54 Å². The number of rotatable bonds is 6. The molecule has 0 fully saturated rings. The van der Waals surface area contributed by atoms with E-state index in [4.69, 9.17) is 4.74 Å². The van der Waals surface area contributed by atoms with Gasteiger partial charge >= 0.3 is 0 Å². The molecule has 2 aromatic heterocycles. The lowest BCUT2D eigenvalue weighted by Crippen LogP contribution is -2.17. The molecular weight excluding hydrogens is 236 g/mol. The topological polar surface area (TPSA) is 59.9 Å². The molecule has 0 atom stereocenters. The third-order valence-electron chi connectivity index (χ3n) is 2.12. The first-order valence-corrected chi connectivity index (χ1v) is 6.12. The molecule has 0 aliphatic carbocycles. The van der Waals surface area contributed by atoms with Gasteiger partial charge in [-0.1, -0.05) is 0 Å². The predicted molar refractivity (Wildman–Crippen MR) is 66.7 cm³/mol. The van der Waals surface area contributed by atoms with Crippen LogP contribution in [0.2, 0.25) is 0 Å². The zero-order chi connectivity index (χ0) is 11.9. The molecule has 90 valence electrons. The molecule has 17 heavy (non-hydrogen) atoms. The maximum absolute atomic E-state index is 4.96. The highest BCUT2D eigenvalue weighted by atomic mass is 32.1. The zero-order valence-corrected chi connectivity index (χ0v) is 10.4. The molecule has 0 amide bonds. The minimum Gasteiger partial charge on any atom is -0.383 e. The smallest absolute Gasteiger partial charge is 0.143 e. The summed E-state index contributed by atoms with van der Waals surface area (Å²) < 4.78 is 4.96. The van der Waals surface area contributed by atoms with Gasteiger partial charge in [0.1, 0.15) is 10.7 Å². The Bertz CT molecular complexity index is 446. The van der Waals surface area contributed by atoms with Crippen molar-refractivity contribution < 1.29 is 4.74 Å². The van der Waals surface area contributed by atoms with Gasteiger partial charge in [-0.2, -0.15) is 0 Å². The fourth-order valence-corrected chi connectivity index (χ4v) is 2.15. The third kappa shape index (κ3) is 3.55. The summed E-state index contributed by atoms with van der Waals surface area (Å²) in [5.41, 5.74) is 0.820. The van der Waals surface area contributed by atoms with Gasteiger partial charge in [-0.25, -0.2) is 4.98 Å². The molecule has 0 bridgehead atoms. The molecule has 2 heterocycles. The third-order valence-corrected chi connectivity index (χ3v) is 3.14. The molecule has 0 spiro atoms. The second-order valence-corrected chi connectivity index (χ2v) is 4.51. The average Bonchev–Trinajstić information content (AvgIpc) is 2.85. The second-order valence-electron chi connectivity index (χ2n) is 3.39. The Morgan fingerprint density at radius 3 is 3.00 bits per heavy atom. The number of methoxy groups -OCH3 is 1. The largest absolute Gasteiger partial charge is 0.383 e. The molecule has 0 aromatic carbocycles. The van der Waals surface area contributed by atoms with Crippen LogP contribution >= 0.6 is 11.3 Å². The summed E-state index contributed by atoms with van der Waals surface area (Å²) >= 11 is 1.63. The number of hydrogen-bond donors (Lipinski definition) is 1. The van der Waals surface area contributed by atoms with Gasteiger partial charge in [-0.05, 0) is 0 Å². The van der Waals surface area contributed by atoms with Gasteiger partial charge in [0.2, 0.25) is 0 Å². The molecule has 2 rings (SSSR count). The van der Waals surface area contributed by atoms with E-state index in [-0.39, 0.29) is 0 Å². The maximum Gasteiger partial charge on any atom is 0.143 e. The Kier molecular flexibility index (Phi) is 4.54. The van der Waals surface area contributed by atoms with Crippen molar-refractivity contribution in [1.82, 2.24) is 20.3 Å². The van der Waals surface area contributed by atoms with Gasteiger partial charge in [0.05, 0.1) is 12.8 Å². The minimum atomic E-state index is 0.718. The number of aromatic nitrogens is 3. The average molecular weight is 250 g/mol. The number of ether oxygens (including phenoxy) is 1. The van der Waals surface area contributed by atoms with Gasteiger partial charge in [0.25, 0.3) is 0 Å². The van der Waals surface area contributed by atoms with E-state index in [9.17, 15) is 0 Å². The lowest BCUT2D eigenvalue weighted by atomic mass is 10.5. The lowest BCUT2D eigenvalue weighted by Gasteiger charge is -2.00. The van der Waals surface area contributed by atoms with Crippen LogP contribution in [0.5, 0.6) is 0 Å². The van der Waals surface area contributed by atoms with E-state index >= 15 is 0 Å². The van der Waals surface area contributed by atoms with Crippen LogP contribution in [0.3, 0.4) is 0 Å². The molecule has 0 unspecified atom stereocenters. The highest BCUT2D eigenvalue weighted by Crippen LogP contribution is 2.22. The van der Waals surface area contributed by atoms with E-state index in [0.29, 0.717) is 0 Å². The molecule has 5 nitrogen and oxygen atoms in total. The Hall–Kier alpha value is -1.37. The van der Waals surface area contributed by atoms with Crippen molar-refractivity contribution in [2.24, 2.45) is 0 Å². The lowest BCUT2D eigenvalue weighted by molar-refractivity contribution is 0.199. The van der Waals surface area contributed by atoms with Crippen molar-refractivity contribution in [1.29, 1.82) is 0 Å². The van der Waals surface area contributed by atoms with Crippen molar-refractivity contribution in [3.05, 3.63) is 29.7 Å². The minimum absolute atomic E-state index is 0.718. The van der Waals surface area contributed by atoms with E-state index in [1.165, 1.54) is 4.88 Å². The van der Waals surface area contributed by atoms with Crippen molar-refractivity contribution in [3.63, 3.8) is 0 Å². The standard InChI is InChI=1S/C11H14N4OS/c1-16-5-4-13-6-9-7-15-11(17-9)10-8-12-2-3-14-10/h2-3,7-8,13H,4-6H2,1H3. The second kappa shape index (κ2) is 6.39. The number of hydrogen-bond acceptors (Lipinski definition) is 6. The summed E-state index contributed by atoms with van der Waals surface area (Å²) in [4.78, 5) is 13.8. The summed E-state index contributed by atoms with van der Waals surface area (Å²) in [5.74, 6) is 0. The SMILES string of the molecule is COCCNCc1cnc(-c2cnccn2)s1. The van der Waals surface area contributed by atoms with Gasteiger partial charge in [-0.15, -0.1) is 11.3 Å². The quantitative estimate of drug-likeness (QED) is 0.784. The summed E-state index contributed by atoms with van der Waals surface area (Å²) in [6.45, 7) is 2.37. The number of nitrogens with one attached hydrogen (secondary N) is 1. The molecule has 0 aliphatic rings. The predicted octanol–water partition coefficient (Wildman–Crippen LogP) is 1.34. The van der Waals surface area contributed by atoms with Crippen molar-refractivity contribution in [3.8, 4) is 10.7 Å². The van der Waals surface area contributed by atoms with Crippen molar-refractivity contribution in [2.75, 3.05) is 20.3 Å². The highest BCUT2D eigenvalue weighted by Gasteiger charge is 2.05. The Morgan fingerprint density at radius 1 is 1.29 bits per heavy atom. The summed E-state index contributed by atoms with van der Waals surface area (Å²) in [6.07, 6.45) is 6.92. The molecule has 0 saturated heterocycles. The molecular formula is C11H14N4OS. The van der Waals surface area contributed by atoms with Crippen LogP contribution in [0, 0.1) is 0 Å². The number of nitrogens with zero attached hydrogens (tertiary/aromatic N) is 3. The monoisotopic (exact) mass is 250 g/mol. The Balaban J connectivity index is 1.92. The van der Waals surface area contributed by atoms with Crippen LogP contribution in [0.1, 0.15) is 4.88 Å². The van der Waals surface area contributed by atoms with Crippen LogP contribution in [0.4, 0.5) is 0 Å². The summed E-state index contributed by atoms with van der Waals surface area (Å²) in [7, 11) is 1.69. The molecule has 2 aromatic rings. The van der Waals surface area contributed by atoms with E-state index < -0.39 is 0 Å². The summed E-state index contributed by atoms with van der Waals surface area (Å²) in [6, 6.07) is 0. The van der Waals surface area contributed by atoms with E-state index in [1.54, 1.807) is 37.0 Å². The van der Waals surface area contributed by atoms with Crippen LogP contribution in [-0.2, 0) is 11.3 Å². The van der Waals surface area contributed by atoms with Crippen LogP contribution in [-0.4, -0.2) is 35.2 Å². The van der Waals surface area contributed by atoms with Gasteiger partial charge < -0.3 is 10.1 Å². The van der Waals surface area contributed by atoms with E-state index in [2.05, 4.69) is 20.3 Å². The van der Waals surface area contributed by atoms with Gasteiger partial charge in [0.15, 0.2) is 0 Å². The summed E-state index contributed by atoms with van der Waals surface area (Å²) in [5, 5.41) is 4.18. The first kappa shape index (κ1) is 12.1. The van der Waals surface area contributed by atoms with E-state index in [0.717, 1.165) is 30.4 Å². The maximum atomic E-state index is 4.96. The Morgan fingerprint density at radius 2 is 2.24 bits per heavy atom. The normalized spacial score (nSPS) is 10.6. The van der Waals surface area contributed by atoms with Crippen LogP contribution < -0.4 is 5.32 Å². The van der Waals surface area contributed by atoms with E-state index in [1.807, 2.05) is 6.20 Å². The zero-order valence-electron chi connectivity index (χ0n) is 9.59. The number of thiazole rings is 1. The highest BCUT2D eigenvalue weighted by molar-refractivity contribution is 7.14. The Labute approximate surface area is 104 Å². The van der Waals surface area contributed by atoms with Gasteiger partial charge in [-0.3, -0.25) is 9.97 Å². The van der Waals surface area contributed by atoms with Crippen LogP contribution in [0.15, 0.2) is 24.8 Å². The fourth-order valence-electron chi connectivity index (χ4n) is 1.30. The fraction of sp³-hybridized carbons (Fsp3) is 0.364. The first-order chi connectivity index (χ1) is 8.40. The van der Waals surface area contributed by atoms with Crippen molar-refractivity contribution >= 4 is 11.3 Å². The molecule has 1 N–H and O–H groups in total.